The Hall–Kier alpha value is -2.93. The maximum absolute atomic E-state index is 12.5. The second-order valence-electron chi connectivity index (χ2n) is 5.90. The third kappa shape index (κ3) is 4.00. The summed E-state index contributed by atoms with van der Waals surface area (Å²) >= 11 is 1.37. The van der Waals surface area contributed by atoms with Gasteiger partial charge in [-0.15, -0.1) is 0 Å². The number of carbonyl (C=O) groups excluding carboxylic acids is 2. The first-order valence-electron chi connectivity index (χ1n) is 8.27. The number of thiazole rings is 1. The van der Waals surface area contributed by atoms with Crippen LogP contribution in [0.3, 0.4) is 0 Å². The van der Waals surface area contributed by atoms with E-state index in [0.717, 1.165) is 22.4 Å². The molecule has 0 unspecified atom stereocenters. The van der Waals surface area contributed by atoms with Crippen LogP contribution in [0, 0.1) is 0 Å². The summed E-state index contributed by atoms with van der Waals surface area (Å²) < 4.78 is 0.895. The fraction of sp³-hybridized carbons (Fsp3) is 0.211. The first-order valence-corrected chi connectivity index (χ1v) is 9.08. The number of fused-ring (bicyclic) bond motifs is 1. The Bertz CT molecular complexity index is 950. The van der Waals surface area contributed by atoms with Crippen LogP contribution in [0.1, 0.15) is 24.2 Å². The number of rotatable bonds is 5. The standard InChI is InChI=1S/C19H20N4O2S/c1-4-23(3)15-8-5-13(6-9-15)18(25)21-14-7-10-16-17(11-14)26-19(22-16)20-12(2)24/h5-11H,4H2,1-3H3,(H,21,25)(H,20,22,24). The van der Waals surface area contributed by atoms with E-state index >= 15 is 0 Å². The van der Waals surface area contributed by atoms with Gasteiger partial charge in [0, 0.05) is 37.5 Å². The van der Waals surface area contributed by atoms with Crippen molar-refractivity contribution in [2.45, 2.75) is 13.8 Å². The Labute approximate surface area is 155 Å². The number of aromatic nitrogens is 1. The second kappa shape index (κ2) is 7.53. The normalized spacial score (nSPS) is 10.6. The van der Waals surface area contributed by atoms with Crippen LogP contribution in [-0.4, -0.2) is 30.4 Å². The number of amides is 2. The zero-order chi connectivity index (χ0) is 18.7. The van der Waals surface area contributed by atoms with Gasteiger partial charge in [0.05, 0.1) is 10.2 Å². The molecule has 0 bridgehead atoms. The number of benzene rings is 2. The number of carbonyl (C=O) groups is 2. The first kappa shape index (κ1) is 17.9. The minimum atomic E-state index is -0.165. The maximum Gasteiger partial charge on any atom is 0.255 e. The minimum Gasteiger partial charge on any atom is -0.375 e. The molecule has 3 aromatic rings. The number of hydrogen-bond acceptors (Lipinski definition) is 5. The molecule has 2 amide bonds. The molecule has 0 saturated heterocycles. The molecule has 0 fully saturated rings. The van der Waals surface area contributed by atoms with Gasteiger partial charge in [-0.1, -0.05) is 11.3 Å². The van der Waals surface area contributed by atoms with Crippen molar-refractivity contribution in [3.05, 3.63) is 48.0 Å². The lowest BCUT2D eigenvalue weighted by molar-refractivity contribution is -0.114. The molecule has 0 saturated carbocycles. The van der Waals surface area contributed by atoms with Crippen LogP contribution in [0.5, 0.6) is 0 Å². The second-order valence-corrected chi connectivity index (χ2v) is 6.93. The molecule has 6 nitrogen and oxygen atoms in total. The summed E-state index contributed by atoms with van der Waals surface area (Å²) in [5, 5.41) is 6.13. The van der Waals surface area contributed by atoms with Gasteiger partial charge in [-0.3, -0.25) is 9.59 Å². The minimum absolute atomic E-state index is 0.158. The smallest absolute Gasteiger partial charge is 0.255 e. The predicted octanol–water partition coefficient (Wildman–Crippen LogP) is 3.96. The van der Waals surface area contributed by atoms with Crippen LogP contribution in [0.15, 0.2) is 42.5 Å². The zero-order valence-corrected chi connectivity index (χ0v) is 15.7. The number of anilines is 3. The summed E-state index contributed by atoms with van der Waals surface area (Å²) in [4.78, 5) is 30.0. The molecule has 0 aliphatic rings. The lowest BCUT2D eigenvalue weighted by atomic mass is 10.1. The Morgan fingerprint density at radius 1 is 1.12 bits per heavy atom. The van der Waals surface area contributed by atoms with Crippen molar-refractivity contribution >= 4 is 49.9 Å². The van der Waals surface area contributed by atoms with Gasteiger partial charge in [0.25, 0.3) is 5.91 Å². The molecule has 3 rings (SSSR count). The molecule has 2 N–H and O–H groups in total. The molecular weight excluding hydrogens is 348 g/mol. The molecule has 0 aliphatic heterocycles. The number of hydrogen-bond donors (Lipinski definition) is 2. The molecule has 0 aliphatic carbocycles. The molecular formula is C19H20N4O2S. The Morgan fingerprint density at radius 3 is 2.50 bits per heavy atom. The average Bonchev–Trinajstić information content (AvgIpc) is 3.01. The van der Waals surface area contributed by atoms with Gasteiger partial charge in [0.1, 0.15) is 0 Å². The molecule has 2 aromatic carbocycles. The van der Waals surface area contributed by atoms with E-state index < -0.39 is 0 Å². The summed E-state index contributed by atoms with van der Waals surface area (Å²) in [5.74, 6) is -0.323. The van der Waals surface area contributed by atoms with Gasteiger partial charge in [-0.05, 0) is 49.4 Å². The lowest BCUT2D eigenvalue weighted by Crippen LogP contribution is -2.16. The topological polar surface area (TPSA) is 74.3 Å². The summed E-state index contributed by atoms with van der Waals surface area (Å²) in [6.07, 6.45) is 0. The molecule has 0 atom stereocenters. The highest BCUT2D eigenvalue weighted by Gasteiger charge is 2.10. The summed E-state index contributed by atoms with van der Waals surface area (Å²) in [6, 6.07) is 13.0. The van der Waals surface area contributed by atoms with Gasteiger partial charge in [-0.25, -0.2) is 4.98 Å². The van der Waals surface area contributed by atoms with Crippen LogP contribution in [0.2, 0.25) is 0 Å². The van der Waals surface area contributed by atoms with Gasteiger partial charge < -0.3 is 15.5 Å². The summed E-state index contributed by atoms with van der Waals surface area (Å²) in [5.41, 5.74) is 3.14. The van der Waals surface area contributed by atoms with Crippen molar-refractivity contribution in [1.29, 1.82) is 0 Å². The van der Waals surface area contributed by atoms with E-state index in [9.17, 15) is 9.59 Å². The number of nitrogens with zero attached hydrogens (tertiary/aromatic N) is 2. The Balaban J connectivity index is 1.75. The molecule has 1 heterocycles. The highest BCUT2D eigenvalue weighted by atomic mass is 32.1. The van der Waals surface area contributed by atoms with Crippen molar-refractivity contribution in [3.63, 3.8) is 0 Å². The highest BCUT2D eigenvalue weighted by Crippen LogP contribution is 2.28. The van der Waals surface area contributed by atoms with Crippen LogP contribution in [0.4, 0.5) is 16.5 Å². The summed E-state index contributed by atoms with van der Waals surface area (Å²) in [6.45, 7) is 4.43. The van der Waals surface area contributed by atoms with E-state index in [0.29, 0.717) is 16.4 Å². The van der Waals surface area contributed by atoms with Gasteiger partial charge in [0.15, 0.2) is 5.13 Å². The average molecular weight is 368 g/mol. The summed E-state index contributed by atoms with van der Waals surface area (Å²) in [7, 11) is 2.01. The van der Waals surface area contributed by atoms with Crippen molar-refractivity contribution in [2.75, 3.05) is 29.1 Å². The Morgan fingerprint density at radius 2 is 1.85 bits per heavy atom. The van der Waals surface area contributed by atoms with E-state index in [2.05, 4.69) is 27.4 Å². The number of nitrogens with one attached hydrogen (secondary N) is 2. The van der Waals surface area contributed by atoms with Gasteiger partial charge in [0.2, 0.25) is 5.91 Å². The molecule has 7 heteroatoms. The molecule has 26 heavy (non-hydrogen) atoms. The van der Waals surface area contributed by atoms with E-state index in [1.807, 2.05) is 43.4 Å². The zero-order valence-electron chi connectivity index (χ0n) is 14.9. The van der Waals surface area contributed by atoms with Crippen LogP contribution in [0.25, 0.3) is 10.2 Å². The van der Waals surface area contributed by atoms with Crippen molar-refractivity contribution in [1.82, 2.24) is 4.98 Å². The maximum atomic E-state index is 12.5. The first-order chi connectivity index (χ1) is 12.5. The largest absolute Gasteiger partial charge is 0.375 e. The van der Waals surface area contributed by atoms with Crippen LogP contribution < -0.4 is 15.5 Å². The van der Waals surface area contributed by atoms with E-state index in [4.69, 9.17) is 0 Å². The SMILES string of the molecule is CCN(C)c1ccc(C(=O)Nc2ccc3nc(NC(C)=O)sc3c2)cc1. The van der Waals surface area contributed by atoms with Crippen molar-refractivity contribution < 1.29 is 9.59 Å². The van der Waals surface area contributed by atoms with Crippen LogP contribution >= 0.6 is 11.3 Å². The van der Waals surface area contributed by atoms with Crippen LogP contribution in [-0.2, 0) is 4.79 Å². The van der Waals surface area contributed by atoms with Crippen molar-refractivity contribution in [3.8, 4) is 0 Å². The molecule has 0 radical (unpaired) electrons. The van der Waals surface area contributed by atoms with E-state index in [-0.39, 0.29) is 11.8 Å². The molecule has 1 aromatic heterocycles. The fourth-order valence-electron chi connectivity index (χ4n) is 2.46. The predicted molar refractivity (Wildman–Crippen MR) is 107 cm³/mol. The van der Waals surface area contributed by atoms with Crippen molar-refractivity contribution in [2.24, 2.45) is 0 Å². The third-order valence-electron chi connectivity index (χ3n) is 3.97. The van der Waals surface area contributed by atoms with E-state index in [1.54, 1.807) is 6.07 Å². The van der Waals surface area contributed by atoms with Gasteiger partial charge in [-0.2, -0.15) is 0 Å². The molecule has 0 spiro atoms. The molecule has 134 valence electrons. The third-order valence-corrected chi connectivity index (χ3v) is 4.91. The fourth-order valence-corrected chi connectivity index (χ4v) is 3.41. The Kier molecular flexibility index (Phi) is 5.18. The monoisotopic (exact) mass is 368 g/mol. The quantitative estimate of drug-likeness (QED) is 0.715. The van der Waals surface area contributed by atoms with E-state index in [1.165, 1.54) is 18.3 Å². The highest BCUT2D eigenvalue weighted by molar-refractivity contribution is 7.22. The van der Waals surface area contributed by atoms with Gasteiger partial charge >= 0.3 is 0 Å². The lowest BCUT2D eigenvalue weighted by Gasteiger charge is -2.16.